The molecule has 0 bridgehead atoms. The standard InChI is InChI=1S/C13H27N3OS/c1-4-12(10-18-3)15(2)13(17)9-16-7-5-11(14)6-8-16/h11-12H,4-10,14H2,1-3H3. The van der Waals surface area contributed by atoms with Crippen molar-refractivity contribution in [1.29, 1.82) is 0 Å². The van der Waals surface area contributed by atoms with Gasteiger partial charge in [-0.1, -0.05) is 6.92 Å². The lowest BCUT2D eigenvalue weighted by Crippen LogP contribution is -2.47. The lowest BCUT2D eigenvalue weighted by Gasteiger charge is -2.33. The Morgan fingerprint density at radius 3 is 2.61 bits per heavy atom. The van der Waals surface area contributed by atoms with E-state index in [0.717, 1.165) is 38.1 Å². The number of rotatable bonds is 6. The Labute approximate surface area is 115 Å². The van der Waals surface area contributed by atoms with Crippen molar-refractivity contribution in [3.05, 3.63) is 0 Å². The minimum absolute atomic E-state index is 0.242. The maximum atomic E-state index is 12.2. The molecule has 1 aliphatic heterocycles. The molecule has 5 heteroatoms. The van der Waals surface area contributed by atoms with Crippen LogP contribution in [0.5, 0.6) is 0 Å². The van der Waals surface area contributed by atoms with Gasteiger partial charge in [-0.15, -0.1) is 0 Å². The molecule has 4 nitrogen and oxygen atoms in total. The average molecular weight is 273 g/mol. The van der Waals surface area contributed by atoms with Crippen molar-refractivity contribution >= 4 is 17.7 Å². The van der Waals surface area contributed by atoms with Crippen molar-refractivity contribution < 1.29 is 4.79 Å². The fourth-order valence-corrected chi connectivity index (χ4v) is 3.16. The monoisotopic (exact) mass is 273 g/mol. The number of thioether (sulfide) groups is 1. The van der Waals surface area contributed by atoms with E-state index in [0.29, 0.717) is 18.6 Å². The van der Waals surface area contributed by atoms with Crippen LogP contribution >= 0.6 is 11.8 Å². The molecule has 18 heavy (non-hydrogen) atoms. The van der Waals surface area contributed by atoms with Gasteiger partial charge in [-0.25, -0.2) is 0 Å². The van der Waals surface area contributed by atoms with Crippen LogP contribution in [0, 0.1) is 0 Å². The number of amides is 1. The Morgan fingerprint density at radius 2 is 2.11 bits per heavy atom. The highest BCUT2D eigenvalue weighted by Gasteiger charge is 2.22. The molecule has 1 atom stereocenters. The predicted octanol–water partition coefficient (Wildman–Crippen LogP) is 1.01. The highest BCUT2D eigenvalue weighted by molar-refractivity contribution is 7.98. The van der Waals surface area contributed by atoms with Gasteiger partial charge in [0.1, 0.15) is 0 Å². The molecule has 0 radical (unpaired) electrons. The zero-order chi connectivity index (χ0) is 13.5. The van der Waals surface area contributed by atoms with Gasteiger partial charge >= 0.3 is 0 Å². The summed E-state index contributed by atoms with van der Waals surface area (Å²) in [5, 5.41) is 0. The van der Waals surface area contributed by atoms with Crippen molar-refractivity contribution in [1.82, 2.24) is 9.80 Å². The van der Waals surface area contributed by atoms with Gasteiger partial charge in [0.25, 0.3) is 0 Å². The molecule has 1 rings (SSSR count). The lowest BCUT2D eigenvalue weighted by molar-refractivity contribution is -0.133. The molecule has 0 aromatic heterocycles. The Kier molecular flexibility index (Phi) is 7.04. The molecule has 0 aliphatic carbocycles. The van der Waals surface area contributed by atoms with Crippen LogP contribution in [-0.4, -0.2) is 66.5 Å². The Morgan fingerprint density at radius 1 is 1.50 bits per heavy atom. The SMILES string of the molecule is CCC(CSC)N(C)C(=O)CN1CCC(N)CC1. The molecule has 1 amide bonds. The number of hydrogen-bond acceptors (Lipinski definition) is 4. The summed E-state index contributed by atoms with van der Waals surface area (Å²) in [4.78, 5) is 16.4. The fraction of sp³-hybridized carbons (Fsp3) is 0.923. The maximum Gasteiger partial charge on any atom is 0.236 e. The van der Waals surface area contributed by atoms with Gasteiger partial charge < -0.3 is 10.6 Å². The highest BCUT2D eigenvalue weighted by atomic mass is 32.2. The molecule has 1 unspecified atom stereocenters. The normalized spacial score (nSPS) is 19.8. The number of hydrogen-bond donors (Lipinski definition) is 1. The summed E-state index contributed by atoms with van der Waals surface area (Å²) in [5.74, 6) is 1.26. The van der Waals surface area contributed by atoms with E-state index in [2.05, 4.69) is 18.1 Å². The smallest absolute Gasteiger partial charge is 0.236 e. The zero-order valence-electron chi connectivity index (χ0n) is 11.9. The van der Waals surface area contributed by atoms with Gasteiger partial charge in [0, 0.05) is 38.0 Å². The molecule has 1 saturated heterocycles. The highest BCUT2D eigenvalue weighted by Crippen LogP contribution is 2.11. The third-order valence-corrected chi connectivity index (χ3v) is 4.48. The molecule has 0 aromatic carbocycles. The third kappa shape index (κ3) is 4.78. The molecular weight excluding hydrogens is 246 g/mol. The van der Waals surface area contributed by atoms with Gasteiger partial charge in [0.2, 0.25) is 5.91 Å². The molecule has 1 aliphatic rings. The number of likely N-dealkylation sites (tertiary alicyclic amines) is 1. The zero-order valence-corrected chi connectivity index (χ0v) is 12.7. The Bertz CT molecular complexity index is 255. The van der Waals surface area contributed by atoms with Crippen LogP contribution in [0.2, 0.25) is 0 Å². The average Bonchev–Trinajstić information content (AvgIpc) is 2.37. The maximum absolute atomic E-state index is 12.2. The van der Waals surface area contributed by atoms with Crippen molar-refractivity contribution in [3.8, 4) is 0 Å². The van der Waals surface area contributed by atoms with Gasteiger partial charge in [0.15, 0.2) is 0 Å². The van der Waals surface area contributed by atoms with E-state index in [4.69, 9.17) is 5.73 Å². The van der Waals surface area contributed by atoms with Crippen molar-refractivity contribution in [2.75, 3.05) is 38.7 Å². The summed E-state index contributed by atoms with van der Waals surface area (Å²) < 4.78 is 0. The van der Waals surface area contributed by atoms with Crippen LogP contribution in [0.15, 0.2) is 0 Å². The second-order valence-corrected chi connectivity index (χ2v) is 6.05. The van der Waals surface area contributed by atoms with Gasteiger partial charge in [-0.3, -0.25) is 9.69 Å². The van der Waals surface area contributed by atoms with E-state index in [9.17, 15) is 4.79 Å². The van der Waals surface area contributed by atoms with Crippen LogP contribution in [-0.2, 0) is 4.79 Å². The first kappa shape index (κ1) is 15.8. The molecule has 1 heterocycles. The summed E-state index contributed by atoms with van der Waals surface area (Å²) >= 11 is 1.80. The second-order valence-electron chi connectivity index (χ2n) is 5.14. The second kappa shape index (κ2) is 8.02. The number of nitrogens with two attached hydrogens (primary N) is 1. The number of likely N-dealkylation sites (N-methyl/N-ethyl adjacent to an activating group) is 1. The van der Waals surface area contributed by atoms with E-state index < -0.39 is 0 Å². The summed E-state index contributed by atoms with van der Waals surface area (Å²) in [5.41, 5.74) is 5.87. The minimum Gasteiger partial charge on any atom is -0.341 e. The molecular formula is C13H27N3OS. The lowest BCUT2D eigenvalue weighted by atomic mass is 10.1. The van der Waals surface area contributed by atoms with Crippen LogP contribution in [0.3, 0.4) is 0 Å². The van der Waals surface area contributed by atoms with Crippen molar-refractivity contribution in [2.24, 2.45) is 5.73 Å². The quantitative estimate of drug-likeness (QED) is 0.785. The van der Waals surface area contributed by atoms with E-state index in [1.165, 1.54) is 0 Å². The molecule has 0 saturated carbocycles. The number of piperidine rings is 1. The Balaban J connectivity index is 2.39. The molecule has 106 valence electrons. The fourth-order valence-electron chi connectivity index (χ4n) is 2.31. The minimum atomic E-state index is 0.242. The summed E-state index contributed by atoms with van der Waals surface area (Å²) in [7, 11) is 1.93. The number of nitrogens with zero attached hydrogens (tertiary/aromatic N) is 2. The van der Waals surface area contributed by atoms with Gasteiger partial charge in [-0.2, -0.15) is 11.8 Å². The van der Waals surface area contributed by atoms with Crippen LogP contribution < -0.4 is 5.73 Å². The third-order valence-electron chi connectivity index (χ3n) is 3.76. The first-order valence-electron chi connectivity index (χ1n) is 6.81. The predicted molar refractivity (Wildman–Crippen MR) is 78.9 cm³/mol. The molecule has 1 fully saturated rings. The van der Waals surface area contributed by atoms with Gasteiger partial charge in [-0.05, 0) is 25.5 Å². The largest absolute Gasteiger partial charge is 0.341 e. The molecule has 0 spiro atoms. The molecule has 0 aromatic rings. The van der Waals surface area contributed by atoms with E-state index in [-0.39, 0.29) is 5.91 Å². The first-order valence-corrected chi connectivity index (χ1v) is 8.20. The summed E-state index contributed by atoms with van der Waals surface area (Å²) in [6.07, 6.45) is 5.14. The van der Waals surface area contributed by atoms with E-state index >= 15 is 0 Å². The van der Waals surface area contributed by atoms with Crippen molar-refractivity contribution in [2.45, 2.75) is 38.3 Å². The topological polar surface area (TPSA) is 49.6 Å². The Hall–Kier alpha value is -0.260. The van der Waals surface area contributed by atoms with Crippen LogP contribution in [0.4, 0.5) is 0 Å². The van der Waals surface area contributed by atoms with Crippen LogP contribution in [0.25, 0.3) is 0 Å². The van der Waals surface area contributed by atoms with E-state index in [1.807, 2.05) is 11.9 Å². The van der Waals surface area contributed by atoms with Crippen molar-refractivity contribution in [3.63, 3.8) is 0 Å². The summed E-state index contributed by atoms with van der Waals surface area (Å²) in [6.45, 7) is 4.61. The van der Waals surface area contributed by atoms with E-state index in [1.54, 1.807) is 11.8 Å². The van der Waals surface area contributed by atoms with Gasteiger partial charge in [0.05, 0.1) is 6.54 Å². The summed E-state index contributed by atoms with van der Waals surface area (Å²) in [6, 6.07) is 0.688. The molecule has 2 N–H and O–H groups in total. The first-order chi connectivity index (χ1) is 8.58. The number of carbonyl (C=O) groups is 1. The van der Waals surface area contributed by atoms with Crippen LogP contribution in [0.1, 0.15) is 26.2 Å². The number of carbonyl (C=O) groups excluding carboxylic acids is 1.